The van der Waals surface area contributed by atoms with E-state index in [2.05, 4.69) is 34.3 Å². The smallest absolute Gasteiger partial charge is 0.103 e. The molecule has 2 unspecified atom stereocenters. The standard InChI is InChI=1S/C15H19N3O/c1-3-17-14(13-11-16-9-10-18-13)15(19-2)12-7-5-4-6-8-12/h4-11,14-15,17H,3H2,1-2H3. The third-order valence-corrected chi connectivity index (χ3v) is 3.01. The van der Waals surface area contributed by atoms with Crippen LogP contribution in [0.3, 0.4) is 0 Å². The molecule has 1 heterocycles. The molecule has 19 heavy (non-hydrogen) atoms. The van der Waals surface area contributed by atoms with Gasteiger partial charge in [-0.25, -0.2) is 0 Å². The van der Waals surface area contributed by atoms with E-state index >= 15 is 0 Å². The van der Waals surface area contributed by atoms with Crippen LogP contribution in [-0.4, -0.2) is 23.6 Å². The molecule has 0 aliphatic rings. The minimum absolute atomic E-state index is 0.00824. The number of benzene rings is 1. The molecule has 0 fully saturated rings. The summed E-state index contributed by atoms with van der Waals surface area (Å²) in [6, 6.07) is 10.2. The number of hydrogen-bond donors (Lipinski definition) is 1. The Labute approximate surface area is 113 Å². The Morgan fingerprint density at radius 1 is 1.21 bits per heavy atom. The highest BCUT2D eigenvalue weighted by Gasteiger charge is 2.25. The summed E-state index contributed by atoms with van der Waals surface area (Å²) in [5.74, 6) is 0. The van der Waals surface area contributed by atoms with E-state index in [1.54, 1.807) is 25.7 Å². The maximum atomic E-state index is 5.68. The SMILES string of the molecule is CCNC(c1cnccn1)C(OC)c1ccccc1. The number of aromatic nitrogens is 2. The Kier molecular flexibility index (Phi) is 5.01. The van der Waals surface area contributed by atoms with E-state index in [1.807, 2.05) is 18.2 Å². The molecule has 2 rings (SSSR count). The first-order chi connectivity index (χ1) is 9.36. The molecular formula is C15H19N3O. The molecule has 4 nitrogen and oxygen atoms in total. The van der Waals surface area contributed by atoms with Crippen molar-refractivity contribution in [2.24, 2.45) is 0 Å². The van der Waals surface area contributed by atoms with Crippen LogP contribution < -0.4 is 5.32 Å². The minimum Gasteiger partial charge on any atom is -0.375 e. The Hall–Kier alpha value is -1.78. The van der Waals surface area contributed by atoms with Crippen molar-refractivity contribution >= 4 is 0 Å². The fourth-order valence-corrected chi connectivity index (χ4v) is 2.17. The molecule has 1 aromatic carbocycles. The summed E-state index contributed by atoms with van der Waals surface area (Å²) in [5, 5.41) is 3.42. The average Bonchev–Trinajstić information content (AvgIpc) is 2.49. The molecule has 0 amide bonds. The van der Waals surface area contributed by atoms with Crippen LogP contribution in [0.2, 0.25) is 0 Å². The summed E-state index contributed by atoms with van der Waals surface area (Å²) >= 11 is 0. The van der Waals surface area contributed by atoms with Crippen LogP contribution in [-0.2, 0) is 4.74 Å². The lowest BCUT2D eigenvalue weighted by Gasteiger charge is -2.26. The molecule has 0 radical (unpaired) electrons. The second-order valence-corrected chi connectivity index (χ2v) is 4.23. The second kappa shape index (κ2) is 6.97. The summed E-state index contributed by atoms with van der Waals surface area (Å²) in [4.78, 5) is 8.53. The van der Waals surface area contributed by atoms with Crippen LogP contribution in [0.25, 0.3) is 0 Å². The Balaban J connectivity index is 2.31. The largest absolute Gasteiger partial charge is 0.375 e. The van der Waals surface area contributed by atoms with Gasteiger partial charge in [-0.05, 0) is 12.1 Å². The van der Waals surface area contributed by atoms with Crippen LogP contribution in [0.15, 0.2) is 48.9 Å². The van der Waals surface area contributed by atoms with E-state index in [4.69, 9.17) is 4.74 Å². The maximum absolute atomic E-state index is 5.68. The number of ether oxygens (including phenoxy) is 1. The number of nitrogens with zero attached hydrogens (tertiary/aromatic N) is 2. The van der Waals surface area contributed by atoms with Gasteiger partial charge in [-0.1, -0.05) is 37.3 Å². The Morgan fingerprint density at radius 2 is 2.00 bits per heavy atom. The minimum atomic E-state index is -0.0853. The van der Waals surface area contributed by atoms with Gasteiger partial charge in [0.15, 0.2) is 0 Å². The Morgan fingerprint density at radius 3 is 2.58 bits per heavy atom. The highest BCUT2D eigenvalue weighted by Crippen LogP contribution is 2.30. The summed E-state index contributed by atoms with van der Waals surface area (Å²) < 4.78 is 5.68. The van der Waals surface area contributed by atoms with Crippen molar-refractivity contribution in [3.05, 3.63) is 60.2 Å². The highest BCUT2D eigenvalue weighted by atomic mass is 16.5. The predicted octanol–water partition coefficient (Wildman–Crippen LogP) is 2.51. The van der Waals surface area contributed by atoms with Gasteiger partial charge in [0.25, 0.3) is 0 Å². The van der Waals surface area contributed by atoms with Crippen molar-refractivity contribution in [3.63, 3.8) is 0 Å². The number of nitrogens with one attached hydrogen (secondary N) is 1. The number of hydrogen-bond acceptors (Lipinski definition) is 4. The quantitative estimate of drug-likeness (QED) is 0.863. The number of methoxy groups -OCH3 is 1. The fourth-order valence-electron chi connectivity index (χ4n) is 2.17. The third kappa shape index (κ3) is 3.36. The fraction of sp³-hybridized carbons (Fsp3) is 0.333. The molecule has 0 spiro atoms. The zero-order valence-corrected chi connectivity index (χ0v) is 11.3. The summed E-state index contributed by atoms with van der Waals surface area (Å²) in [6.45, 7) is 2.91. The van der Waals surface area contributed by atoms with E-state index in [1.165, 1.54) is 0 Å². The highest BCUT2D eigenvalue weighted by molar-refractivity contribution is 5.22. The van der Waals surface area contributed by atoms with Crippen molar-refractivity contribution in [3.8, 4) is 0 Å². The molecule has 2 aromatic rings. The predicted molar refractivity (Wildman–Crippen MR) is 74.6 cm³/mol. The zero-order chi connectivity index (χ0) is 13.5. The van der Waals surface area contributed by atoms with Gasteiger partial charge in [-0.2, -0.15) is 0 Å². The van der Waals surface area contributed by atoms with Crippen molar-refractivity contribution < 1.29 is 4.74 Å². The molecular weight excluding hydrogens is 238 g/mol. The first-order valence-corrected chi connectivity index (χ1v) is 6.43. The molecule has 0 aliphatic carbocycles. The summed E-state index contributed by atoms with van der Waals surface area (Å²) in [6.07, 6.45) is 5.08. The molecule has 1 aromatic heterocycles. The molecule has 4 heteroatoms. The topological polar surface area (TPSA) is 47.0 Å². The van der Waals surface area contributed by atoms with E-state index < -0.39 is 0 Å². The zero-order valence-electron chi connectivity index (χ0n) is 11.3. The van der Waals surface area contributed by atoms with Crippen molar-refractivity contribution in [1.29, 1.82) is 0 Å². The van der Waals surface area contributed by atoms with E-state index in [9.17, 15) is 0 Å². The lowest BCUT2D eigenvalue weighted by molar-refractivity contribution is 0.0666. The first-order valence-electron chi connectivity index (χ1n) is 6.43. The van der Waals surface area contributed by atoms with Gasteiger partial charge >= 0.3 is 0 Å². The number of likely N-dealkylation sites (N-methyl/N-ethyl adjacent to an activating group) is 1. The molecule has 0 saturated carbocycles. The third-order valence-electron chi connectivity index (χ3n) is 3.01. The van der Waals surface area contributed by atoms with Crippen molar-refractivity contribution in [2.45, 2.75) is 19.1 Å². The van der Waals surface area contributed by atoms with Gasteiger partial charge in [0.1, 0.15) is 6.10 Å². The summed E-state index contributed by atoms with van der Waals surface area (Å²) in [5.41, 5.74) is 2.02. The van der Waals surface area contributed by atoms with Crippen LogP contribution in [0, 0.1) is 0 Å². The Bertz CT molecular complexity index is 475. The van der Waals surface area contributed by atoms with Gasteiger partial charge < -0.3 is 10.1 Å². The van der Waals surface area contributed by atoms with Crippen molar-refractivity contribution in [1.82, 2.24) is 15.3 Å². The van der Waals surface area contributed by atoms with E-state index in [-0.39, 0.29) is 12.1 Å². The lowest BCUT2D eigenvalue weighted by atomic mass is 9.99. The number of rotatable bonds is 6. The van der Waals surface area contributed by atoms with E-state index in [0.29, 0.717) is 0 Å². The summed E-state index contributed by atoms with van der Waals surface area (Å²) in [7, 11) is 1.72. The molecule has 0 bridgehead atoms. The van der Waals surface area contributed by atoms with Crippen LogP contribution in [0.4, 0.5) is 0 Å². The first kappa shape index (κ1) is 13.6. The van der Waals surface area contributed by atoms with Crippen molar-refractivity contribution in [2.75, 3.05) is 13.7 Å². The molecule has 1 N–H and O–H groups in total. The van der Waals surface area contributed by atoms with Gasteiger partial charge in [0, 0.05) is 19.5 Å². The molecule has 2 atom stereocenters. The van der Waals surface area contributed by atoms with Crippen LogP contribution in [0.1, 0.15) is 30.3 Å². The van der Waals surface area contributed by atoms with Gasteiger partial charge in [0.05, 0.1) is 17.9 Å². The van der Waals surface area contributed by atoms with E-state index in [0.717, 1.165) is 17.8 Å². The molecule has 100 valence electrons. The molecule has 0 aliphatic heterocycles. The lowest BCUT2D eigenvalue weighted by Crippen LogP contribution is -2.29. The van der Waals surface area contributed by atoms with Crippen LogP contribution >= 0.6 is 0 Å². The van der Waals surface area contributed by atoms with Gasteiger partial charge in [-0.3, -0.25) is 9.97 Å². The maximum Gasteiger partial charge on any atom is 0.103 e. The van der Waals surface area contributed by atoms with Gasteiger partial charge in [0.2, 0.25) is 0 Å². The monoisotopic (exact) mass is 257 g/mol. The molecule has 0 saturated heterocycles. The van der Waals surface area contributed by atoms with Crippen LogP contribution in [0.5, 0.6) is 0 Å². The van der Waals surface area contributed by atoms with Gasteiger partial charge in [-0.15, -0.1) is 0 Å². The normalized spacial score (nSPS) is 14.0. The average molecular weight is 257 g/mol. The second-order valence-electron chi connectivity index (χ2n) is 4.23.